The van der Waals surface area contributed by atoms with Gasteiger partial charge in [-0.25, -0.2) is 0 Å². The fraction of sp³-hybridized carbons (Fsp3) is 1.00. The van der Waals surface area contributed by atoms with E-state index in [-0.39, 0.29) is 6.10 Å². The third-order valence-corrected chi connectivity index (χ3v) is 3.30. The van der Waals surface area contributed by atoms with Crippen LogP contribution in [0.1, 0.15) is 39.0 Å². The van der Waals surface area contributed by atoms with E-state index in [2.05, 4.69) is 11.8 Å². The number of methoxy groups -OCH3 is 1. The third kappa shape index (κ3) is 4.49. The van der Waals surface area contributed by atoms with E-state index < -0.39 is 0 Å². The molecule has 3 nitrogen and oxygen atoms in total. The molecule has 1 unspecified atom stereocenters. The Balaban J connectivity index is 2.32. The summed E-state index contributed by atoms with van der Waals surface area (Å²) in [6, 6.07) is 0.690. The SMILES string of the molecule is CCN(CC(O)COC)C1CCCCC1. The molecule has 0 amide bonds. The van der Waals surface area contributed by atoms with Crippen LogP contribution in [-0.2, 0) is 4.74 Å². The van der Waals surface area contributed by atoms with E-state index in [9.17, 15) is 5.11 Å². The van der Waals surface area contributed by atoms with Crippen molar-refractivity contribution in [1.29, 1.82) is 0 Å². The van der Waals surface area contributed by atoms with Crippen LogP contribution in [0.2, 0.25) is 0 Å². The maximum absolute atomic E-state index is 9.71. The Bertz CT molecular complexity index is 158. The van der Waals surface area contributed by atoms with E-state index >= 15 is 0 Å². The van der Waals surface area contributed by atoms with Gasteiger partial charge in [0.15, 0.2) is 0 Å². The number of ether oxygens (including phenoxy) is 1. The number of nitrogens with zero attached hydrogens (tertiary/aromatic N) is 1. The number of hydrogen-bond acceptors (Lipinski definition) is 3. The van der Waals surface area contributed by atoms with Crippen LogP contribution in [0.15, 0.2) is 0 Å². The van der Waals surface area contributed by atoms with E-state index in [1.54, 1.807) is 7.11 Å². The lowest BCUT2D eigenvalue weighted by molar-refractivity contribution is 0.0229. The van der Waals surface area contributed by atoms with Crippen molar-refractivity contribution in [1.82, 2.24) is 4.90 Å². The molecule has 1 rings (SSSR count). The summed E-state index contributed by atoms with van der Waals surface area (Å²) in [6.07, 6.45) is 6.34. The zero-order chi connectivity index (χ0) is 11.1. The van der Waals surface area contributed by atoms with E-state index in [0.29, 0.717) is 12.6 Å². The van der Waals surface area contributed by atoms with Gasteiger partial charge in [-0.3, -0.25) is 4.90 Å². The number of hydrogen-bond donors (Lipinski definition) is 1. The summed E-state index contributed by atoms with van der Waals surface area (Å²) in [5.41, 5.74) is 0. The van der Waals surface area contributed by atoms with E-state index in [0.717, 1.165) is 13.1 Å². The minimum atomic E-state index is -0.336. The van der Waals surface area contributed by atoms with Gasteiger partial charge in [0.25, 0.3) is 0 Å². The molecule has 0 saturated heterocycles. The second kappa shape index (κ2) is 7.20. The molecule has 1 atom stereocenters. The van der Waals surface area contributed by atoms with Gasteiger partial charge in [0.05, 0.1) is 12.7 Å². The van der Waals surface area contributed by atoms with Crippen molar-refractivity contribution in [2.75, 3.05) is 26.8 Å². The van der Waals surface area contributed by atoms with Crippen LogP contribution in [-0.4, -0.2) is 49.0 Å². The summed E-state index contributed by atoms with van der Waals surface area (Å²) in [7, 11) is 1.64. The molecular weight excluding hydrogens is 190 g/mol. The monoisotopic (exact) mass is 215 g/mol. The first-order valence-corrected chi connectivity index (χ1v) is 6.19. The molecule has 0 aromatic rings. The lowest BCUT2D eigenvalue weighted by Crippen LogP contribution is -2.42. The van der Waals surface area contributed by atoms with Gasteiger partial charge in [-0.15, -0.1) is 0 Å². The summed E-state index contributed by atoms with van der Waals surface area (Å²) in [5.74, 6) is 0. The maximum Gasteiger partial charge on any atom is 0.0900 e. The second-order valence-electron chi connectivity index (χ2n) is 4.49. The highest BCUT2D eigenvalue weighted by atomic mass is 16.5. The average molecular weight is 215 g/mol. The van der Waals surface area contributed by atoms with Gasteiger partial charge >= 0.3 is 0 Å². The summed E-state index contributed by atoms with van der Waals surface area (Å²) < 4.78 is 4.96. The minimum absolute atomic E-state index is 0.336. The smallest absolute Gasteiger partial charge is 0.0900 e. The van der Waals surface area contributed by atoms with Gasteiger partial charge in [-0.2, -0.15) is 0 Å². The molecule has 15 heavy (non-hydrogen) atoms. The van der Waals surface area contributed by atoms with Gasteiger partial charge in [0, 0.05) is 19.7 Å². The first kappa shape index (κ1) is 12.9. The van der Waals surface area contributed by atoms with Crippen molar-refractivity contribution in [3.63, 3.8) is 0 Å². The highest BCUT2D eigenvalue weighted by molar-refractivity contribution is 4.76. The number of likely N-dealkylation sites (N-methyl/N-ethyl adjacent to an activating group) is 1. The molecule has 0 spiro atoms. The second-order valence-corrected chi connectivity index (χ2v) is 4.49. The topological polar surface area (TPSA) is 32.7 Å². The minimum Gasteiger partial charge on any atom is -0.389 e. The molecule has 1 aliphatic carbocycles. The fourth-order valence-corrected chi connectivity index (χ4v) is 2.50. The molecule has 0 aliphatic heterocycles. The predicted molar refractivity (Wildman–Crippen MR) is 62.0 cm³/mol. The highest BCUT2D eigenvalue weighted by Gasteiger charge is 2.21. The highest BCUT2D eigenvalue weighted by Crippen LogP contribution is 2.22. The standard InChI is InChI=1S/C12H25NO2/c1-3-13(9-12(14)10-15-2)11-7-5-4-6-8-11/h11-12,14H,3-10H2,1-2H3. The Kier molecular flexibility index (Phi) is 6.22. The lowest BCUT2D eigenvalue weighted by atomic mass is 9.94. The van der Waals surface area contributed by atoms with Crippen LogP contribution >= 0.6 is 0 Å². The van der Waals surface area contributed by atoms with Crippen molar-refractivity contribution in [3.05, 3.63) is 0 Å². The molecule has 1 saturated carbocycles. The van der Waals surface area contributed by atoms with E-state index in [4.69, 9.17) is 4.74 Å². The first-order chi connectivity index (χ1) is 7.27. The van der Waals surface area contributed by atoms with Crippen molar-refractivity contribution in [2.24, 2.45) is 0 Å². The fourth-order valence-electron chi connectivity index (χ4n) is 2.50. The van der Waals surface area contributed by atoms with Crippen LogP contribution in [0.25, 0.3) is 0 Å². The number of aliphatic hydroxyl groups is 1. The molecule has 0 bridgehead atoms. The molecule has 1 N–H and O–H groups in total. The molecule has 0 heterocycles. The number of rotatable bonds is 6. The van der Waals surface area contributed by atoms with E-state index in [1.165, 1.54) is 32.1 Å². The van der Waals surface area contributed by atoms with Crippen LogP contribution in [0.4, 0.5) is 0 Å². The zero-order valence-corrected chi connectivity index (χ0v) is 10.1. The molecule has 3 heteroatoms. The van der Waals surface area contributed by atoms with Gasteiger partial charge < -0.3 is 9.84 Å². The van der Waals surface area contributed by atoms with Crippen LogP contribution in [0.3, 0.4) is 0 Å². The molecular formula is C12H25NO2. The average Bonchev–Trinajstić information content (AvgIpc) is 2.27. The van der Waals surface area contributed by atoms with E-state index in [1.807, 2.05) is 0 Å². The molecule has 0 aromatic carbocycles. The zero-order valence-electron chi connectivity index (χ0n) is 10.1. The first-order valence-electron chi connectivity index (χ1n) is 6.19. The summed E-state index contributed by atoms with van der Waals surface area (Å²) in [6.45, 7) is 4.41. The Morgan fingerprint density at radius 1 is 1.33 bits per heavy atom. The summed E-state index contributed by atoms with van der Waals surface area (Å²) >= 11 is 0. The Hall–Kier alpha value is -0.120. The molecule has 1 aliphatic rings. The Labute approximate surface area is 93.4 Å². The lowest BCUT2D eigenvalue weighted by Gasteiger charge is -2.34. The predicted octanol–water partition coefficient (Wildman–Crippen LogP) is 1.65. The molecule has 90 valence electrons. The van der Waals surface area contributed by atoms with Gasteiger partial charge in [0.1, 0.15) is 0 Å². The van der Waals surface area contributed by atoms with Crippen molar-refractivity contribution >= 4 is 0 Å². The Morgan fingerprint density at radius 2 is 2.00 bits per heavy atom. The molecule has 1 fully saturated rings. The van der Waals surface area contributed by atoms with Crippen LogP contribution in [0, 0.1) is 0 Å². The normalized spacial score (nSPS) is 20.8. The van der Waals surface area contributed by atoms with Gasteiger partial charge in [-0.05, 0) is 19.4 Å². The van der Waals surface area contributed by atoms with Crippen molar-refractivity contribution in [2.45, 2.75) is 51.2 Å². The van der Waals surface area contributed by atoms with Gasteiger partial charge in [-0.1, -0.05) is 26.2 Å². The maximum atomic E-state index is 9.71. The molecule has 0 radical (unpaired) electrons. The summed E-state index contributed by atoms with van der Waals surface area (Å²) in [4.78, 5) is 2.41. The number of aliphatic hydroxyl groups excluding tert-OH is 1. The quantitative estimate of drug-likeness (QED) is 0.731. The Morgan fingerprint density at radius 3 is 2.53 bits per heavy atom. The van der Waals surface area contributed by atoms with Crippen molar-refractivity contribution < 1.29 is 9.84 Å². The van der Waals surface area contributed by atoms with Crippen LogP contribution < -0.4 is 0 Å². The molecule has 0 aromatic heterocycles. The largest absolute Gasteiger partial charge is 0.389 e. The van der Waals surface area contributed by atoms with Crippen molar-refractivity contribution in [3.8, 4) is 0 Å². The van der Waals surface area contributed by atoms with Crippen LogP contribution in [0.5, 0.6) is 0 Å². The third-order valence-electron chi connectivity index (χ3n) is 3.30. The van der Waals surface area contributed by atoms with Gasteiger partial charge in [0.2, 0.25) is 0 Å². The summed E-state index contributed by atoms with van der Waals surface area (Å²) in [5, 5.41) is 9.71.